The first-order chi connectivity index (χ1) is 7.81. The molecule has 0 aromatic heterocycles. The van der Waals surface area contributed by atoms with Crippen LogP contribution in [0.15, 0.2) is 24.3 Å². The Hall–Kier alpha value is -1.55. The minimum Gasteiger partial charge on any atom is -0.480 e. The standard InChI is InChI=1S/C12H16N2O2/c13-6-3-7-14-12(15)11-8-9-4-1-2-5-10(9)16-11/h1-2,4-5,11H,3,6-8,13H2,(H,14,15)/t11-/m0/s1. The summed E-state index contributed by atoms with van der Waals surface area (Å²) in [4.78, 5) is 11.7. The summed E-state index contributed by atoms with van der Waals surface area (Å²) < 4.78 is 5.56. The summed E-state index contributed by atoms with van der Waals surface area (Å²) in [6.45, 7) is 1.21. The number of ether oxygens (including phenoxy) is 1. The van der Waals surface area contributed by atoms with E-state index in [-0.39, 0.29) is 12.0 Å². The molecule has 1 aromatic rings. The van der Waals surface area contributed by atoms with Crippen LogP contribution in [0.1, 0.15) is 12.0 Å². The summed E-state index contributed by atoms with van der Waals surface area (Å²) in [5.74, 6) is 0.770. The molecule has 0 unspecified atom stereocenters. The second-order valence-corrected chi connectivity index (χ2v) is 3.85. The Morgan fingerprint density at radius 2 is 2.31 bits per heavy atom. The molecule has 4 heteroatoms. The number of carbonyl (C=O) groups is 1. The third-order valence-corrected chi connectivity index (χ3v) is 2.62. The first-order valence-corrected chi connectivity index (χ1v) is 5.53. The van der Waals surface area contributed by atoms with Crippen LogP contribution in [0.25, 0.3) is 0 Å². The number of carbonyl (C=O) groups excluding carboxylic acids is 1. The number of para-hydroxylation sites is 1. The maximum atomic E-state index is 11.7. The largest absolute Gasteiger partial charge is 0.480 e. The van der Waals surface area contributed by atoms with Gasteiger partial charge < -0.3 is 15.8 Å². The molecule has 0 saturated heterocycles. The quantitative estimate of drug-likeness (QED) is 0.724. The van der Waals surface area contributed by atoms with Gasteiger partial charge in [-0.2, -0.15) is 0 Å². The van der Waals surface area contributed by atoms with Gasteiger partial charge in [-0.25, -0.2) is 0 Å². The number of hydrogen-bond donors (Lipinski definition) is 2. The summed E-state index contributed by atoms with van der Waals surface area (Å²) >= 11 is 0. The van der Waals surface area contributed by atoms with Crippen molar-refractivity contribution in [3.8, 4) is 5.75 Å². The second kappa shape index (κ2) is 4.99. The molecule has 0 saturated carbocycles. The zero-order valence-corrected chi connectivity index (χ0v) is 9.11. The van der Waals surface area contributed by atoms with Gasteiger partial charge in [-0.05, 0) is 24.6 Å². The Balaban J connectivity index is 1.88. The SMILES string of the molecule is NCCCNC(=O)[C@@H]1Cc2ccccc2O1. The van der Waals surface area contributed by atoms with Gasteiger partial charge in [0.15, 0.2) is 6.10 Å². The van der Waals surface area contributed by atoms with Crippen LogP contribution in [-0.4, -0.2) is 25.1 Å². The van der Waals surface area contributed by atoms with Crippen molar-refractivity contribution in [2.75, 3.05) is 13.1 Å². The van der Waals surface area contributed by atoms with Crippen LogP contribution in [0.4, 0.5) is 0 Å². The molecule has 4 nitrogen and oxygen atoms in total. The Labute approximate surface area is 94.8 Å². The topological polar surface area (TPSA) is 64.3 Å². The monoisotopic (exact) mass is 220 g/mol. The highest BCUT2D eigenvalue weighted by Crippen LogP contribution is 2.27. The van der Waals surface area contributed by atoms with E-state index in [2.05, 4.69) is 5.32 Å². The van der Waals surface area contributed by atoms with E-state index < -0.39 is 0 Å². The Morgan fingerprint density at radius 1 is 1.50 bits per heavy atom. The molecule has 0 aliphatic carbocycles. The molecule has 0 spiro atoms. The molecule has 1 aliphatic heterocycles. The van der Waals surface area contributed by atoms with Crippen LogP contribution < -0.4 is 15.8 Å². The summed E-state index contributed by atoms with van der Waals surface area (Å²) in [6.07, 6.45) is 1.07. The van der Waals surface area contributed by atoms with Crippen molar-refractivity contribution >= 4 is 5.91 Å². The lowest BCUT2D eigenvalue weighted by Crippen LogP contribution is -2.38. The van der Waals surface area contributed by atoms with Crippen molar-refractivity contribution in [2.24, 2.45) is 5.73 Å². The highest BCUT2D eigenvalue weighted by atomic mass is 16.5. The number of rotatable bonds is 4. The van der Waals surface area contributed by atoms with Crippen LogP contribution in [0.5, 0.6) is 5.75 Å². The molecule has 1 aliphatic rings. The van der Waals surface area contributed by atoms with Gasteiger partial charge in [0, 0.05) is 13.0 Å². The Kier molecular flexibility index (Phi) is 3.41. The molecule has 3 N–H and O–H groups in total. The molecule has 1 atom stereocenters. The molecule has 1 amide bonds. The smallest absolute Gasteiger partial charge is 0.261 e. The van der Waals surface area contributed by atoms with E-state index in [1.54, 1.807) is 0 Å². The van der Waals surface area contributed by atoms with Gasteiger partial charge in [-0.15, -0.1) is 0 Å². The first kappa shape index (κ1) is 11.0. The number of fused-ring (bicyclic) bond motifs is 1. The van der Waals surface area contributed by atoms with E-state index in [4.69, 9.17) is 10.5 Å². The Morgan fingerprint density at radius 3 is 3.06 bits per heavy atom. The molecule has 2 rings (SSSR count). The fourth-order valence-electron chi connectivity index (χ4n) is 1.76. The van der Waals surface area contributed by atoms with Crippen LogP contribution in [0.2, 0.25) is 0 Å². The number of nitrogens with one attached hydrogen (secondary N) is 1. The summed E-state index contributed by atoms with van der Waals surface area (Å²) in [5.41, 5.74) is 6.45. The van der Waals surface area contributed by atoms with Gasteiger partial charge in [-0.1, -0.05) is 18.2 Å². The molecule has 16 heavy (non-hydrogen) atoms. The van der Waals surface area contributed by atoms with Gasteiger partial charge in [0.05, 0.1) is 0 Å². The van der Waals surface area contributed by atoms with Crippen LogP contribution in [0.3, 0.4) is 0 Å². The fourth-order valence-corrected chi connectivity index (χ4v) is 1.76. The summed E-state index contributed by atoms with van der Waals surface area (Å²) in [7, 11) is 0. The first-order valence-electron chi connectivity index (χ1n) is 5.53. The molecular formula is C12H16N2O2. The molecule has 1 aromatic carbocycles. The van der Waals surface area contributed by atoms with E-state index >= 15 is 0 Å². The van der Waals surface area contributed by atoms with E-state index in [9.17, 15) is 4.79 Å². The minimum atomic E-state index is -0.379. The average molecular weight is 220 g/mol. The maximum absolute atomic E-state index is 11.7. The lowest BCUT2D eigenvalue weighted by Gasteiger charge is -2.10. The number of benzene rings is 1. The summed E-state index contributed by atoms with van der Waals surface area (Å²) in [6, 6.07) is 7.75. The highest BCUT2D eigenvalue weighted by molar-refractivity contribution is 5.82. The number of hydrogen-bond acceptors (Lipinski definition) is 3. The molecule has 0 fully saturated rings. The molecular weight excluding hydrogens is 204 g/mol. The van der Waals surface area contributed by atoms with Crippen molar-refractivity contribution in [3.63, 3.8) is 0 Å². The molecule has 1 heterocycles. The zero-order valence-electron chi connectivity index (χ0n) is 9.11. The van der Waals surface area contributed by atoms with Crippen molar-refractivity contribution in [2.45, 2.75) is 18.9 Å². The molecule has 0 bridgehead atoms. The van der Waals surface area contributed by atoms with E-state index in [1.165, 1.54) is 0 Å². The fraction of sp³-hybridized carbons (Fsp3) is 0.417. The van der Waals surface area contributed by atoms with Crippen molar-refractivity contribution in [3.05, 3.63) is 29.8 Å². The molecule has 0 radical (unpaired) electrons. The third-order valence-electron chi connectivity index (χ3n) is 2.62. The van der Waals surface area contributed by atoms with Crippen LogP contribution in [-0.2, 0) is 11.2 Å². The van der Waals surface area contributed by atoms with Gasteiger partial charge in [-0.3, -0.25) is 4.79 Å². The normalized spacial score (nSPS) is 17.7. The number of nitrogens with two attached hydrogens (primary N) is 1. The minimum absolute atomic E-state index is 0.0512. The van der Waals surface area contributed by atoms with E-state index in [0.717, 1.165) is 17.7 Å². The van der Waals surface area contributed by atoms with Gasteiger partial charge in [0.25, 0.3) is 5.91 Å². The predicted molar refractivity (Wildman–Crippen MR) is 61.2 cm³/mol. The van der Waals surface area contributed by atoms with Gasteiger partial charge in [0.2, 0.25) is 0 Å². The third kappa shape index (κ3) is 2.33. The predicted octanol–water partition coefficient (Wildman–Crippen LogP) is 0.455. The lowest BCUT2D eigenvalue weighted by molar-refractivity contribution is -0.127. The lowest BCUT2D eigenvalue weighted by atomic mass is 10.1. The van der Waals surface area contributed by atoms with Crippen LogP contribution >= 0.6 is 0 Å². The molecule has 86 valence electrons. The zero-order chi connectivity index (χ0) is 11.4. The second-order valence-electron chi connectivity index (χ2n) is 3.85. The summed E-state index contributed by atoms with van der Waals surface area (Å²) in [5, 5.41) is 2.82. The van der Waals surface area contributed by atoms with Gasteiger partial charge >= 0.3 is 0 Å². The van der Waals surface area contributed by atoms with Crippen molar-refractivity contribution in [1.29, 1.82) is 0 Å². The van der Waals surface area contributed by atoms with E-state index in [1.807, 2.05) is 24.3 Å². The van der Waals surface area contributed by atoms with Crippen molar-refractivity contribution < 1.29 is 9.53 Å². The maximum Gasteiger partial charge on any atom is 0.261 e. The van der Waals surface area contributed by atoms with E-state index in [0.29, 0.717) is 19.5 Å². The Bertz CT molecular complexity index is 354. The number of amides is 1. The van der Waals surface area contributed by atoms with Crippen LogP contribution in [0, 0.1) is 0 Å². The highest BCUT2D eigenvalue weighted by Gasteiger charge is 2.28. The van der Waals surface area contributed by atoms with Crippen molar-refractivity contribution in [1.82, 2.24) is 5.32 Å². The average Bonchev–Trinajstić information content (AvgIpc) is 2.73. The van der Waals surface area contributed by atoms with Gasteiger partial charge in [0.1, 0.15) is 5.75 Å².